The SMILES string of the molecule is Clc1ccc2ncnc(Nc3ncccn3)c2n1. The second kappa shape index (κ2) is 4.50. The number of nitrogens with one attached hydrogen (secondary N) is 1. The molecule has 0 aliphatic carbocycles. The Labute approximate surface area is 107 Å². The maximum absolute atomic E-state index is 5.87. The molecule has 3 rings (SSSR count). The first-order chi connectivity index (χ1) is 8.83. The Morgan fingerprint density at radius 1 is 1.00 bits per heavy atom. The van der Waals surface area contributed by atoms with Crippen molar-refractivity contribution in [2.45, 2.75) is 0 Å². The highest BCUT2D eigenvalue weighted by Gasteiger charge is 2.07. The molecule has 0 saturated heterocycles. The number of rotatable bonds is 2. The van der Waals surface area contributed by atoms with Crippen molar-refractivity contribution in [1.29, 1.82) is 0 Å². The van der Waals surface area contributed by atoms with Crippen LogP contribution in [0.3, 0.4) is 0 Å². The van der Waals surface area contributed by atoms with Crippen LogP contribution in [0.25, 0.3) is 11.0 Å². The van der Waals surface area contributed by atoms with E-state index in [4.69, 9.17) is 11.6 Å². The third kappa shape index (κ3) is 2.05. The molecule has 88 valence electrons. The molecule has 0 aromatic carbocycles. The molecule has 0 radical (unpaired) electrons. The average molecular weight is 259 g/mol. The van der Waals surface area contributed by atoms with Gasteiger partial charge in [-0.3, -0.25) is 0 Å². The zero-order chi connectivity index (χ0) is 12.4. The van der Waals surface area contributed by atoms with Gasteiger partial charge in [0, 0.05) is 12.4 Å². The molecule has 0 spiro atoms. The van der Waals surface area contributed by atoms with Crippen molar-refractivity contribution in [3.8, 4) is 0 Å². The standard InChI is InChI=1S/C11H7ClN6/c12-8-3-2-7-9(17-8)10(16-6-15-7)18-11-13-4-1-5-14-11/h1-6H,(H,13,14,15,16,18). The van der Waals surface area contributed by atoms with Gasteiger partial charge in [0.25, 0.3) is 0 Å². The van der Waals surface area contributed by atoms with E-state index < -0.39 is 0 Å². The van der Waals surface area contributed by atoms with E-state index in [9.17, 15) is 0 Å². The van der Waals surface area contributed by atoms with Crippen molar-refractivity contribution in [3.63, 3.8) is 0 Å². The van der Waals surface area contributed by atoms with Crippen molar-refractivity contribution in [2.24, 2.45) is 0 Å². The van der Waals surface area contributed by atoms with Crippen molar-refractivity contribution < 1.29 is 0 Å². The monoisotopic (exact) mass is 258 g/mol. The molecular weight excluding hydrogens is 252 g/mol. The molecule has 0 atom stereocenters. The highest BCUT2D eigenvalue weighted by Crippen LogP contribution is 2.20. The van der Waals surface area contributed by atoms with Crippen molar-refractivity contribution in [3.05, 3.63) is 42.1 Å². The molecule has 18 heavy (non-hydrogen) atoms. The summed E-state index contributed by atoms with van der Waals surface area (Å²) >= 11 is 5.87. The van der Waals surface area contributed by atoms with E-state index in [2.05, 4.69) is 30.2 Å². The molecule has 0 unspecified atom stereocenters. The smallest absolute Gasteiger partial charge is 0.228 e. The van der Waals surface area contributed by atoms with Crippen LogP contribution >= 0.6 is 11.6 Å². The Balaban J connectivity index is 2.09. The van der Waals surface area contributed by atoms with Gasteiger partial charge in [0.2, 0.25) is 5.95 Å². The van der Waals surface area contributed by atoms with Gasteiger partial charge in [-0.1, -0.05) is 11.6 Å². The Morgan fingerprint density at radius 2 is 1.83 bits per heavy atom. The van der Waals surface area contributed by atoms with E-state index in [0.29, 0.717) is 28.0 Å². The third-order valence-corrected chi connectivity index (χ3v) is 2.45. The van der Waals surface area contributed by atoms with E-state index >= 15 is 0 Å². The molecule has 7 heteroatoms. The Hall–Kier alpha value is -2.34. The number of pyridine rings is 1. The summed E-state index contributed by atoms with van der Waals surface area (Å²) in [5.74, 6) is 0.966. The van der Waals surface area contributed by atoms with Gasteiger partial charge in [0.05, 0.1) is 5.52 Å². The minimum atomic E-state index is 0.384. The average Bonchev–Trinajstić information content (AvgIpc) is 2.41. The number of hydrogen-bond donors (Lipinski definition) is 1. The first-order valence-electron chi connectivity index (χ1n) is 5.14. The Kier molecular flexibility index (Phi) is 2.70. The predicted molar refractivity (Wildman–Crippen MR) is 67.7 cm³/mol. The fourth-order valence-electron chi connectivity index (χ4n) is 1.48. The molecule has 0 fully saturated rings. The van der Waals surface area contributed by atoms with Crippen LogP contribution in [0.4, 0.5) is 11.8 Å². The number of nitrogens with zero attached hydrogens (tertiary/aromatic N) is 5. The van der Waals surface area contributed by atoms with E-state index in [0.717, 1.165) is 0 Å². The topological polar surface area (TPSA) is 76.5 Å². The maximum Gasteiger partial charge on any atom is 0.228 e. The summed E-state index contributed by atoms with van der Waals surface area (Å²) in [6.45, 7) is 0. The third-order valence-electron chi connectivity index (χ3n) is 2.24. The van der Waals surface area contributed by atoms with Gasteiger partial charge in [-0.25, -0.2) is 24.9 Å². The first kappa shape index (κ1) is 10.8. The predicted octanol–water partition coefficient (Wildman–Crippen LogP) is 2.21. The van der Waals surface area contributed by atoms with Crippen LogP contribution in [-0.4, -0.2) is 24.9 Å². The van der Waals surface area contributed by atoms with E-state index in [1.165, 1.54) is 6.33 Å². The molecule has 0 amide bonds. The summed E-state index contributed by atoms with van der Waals surface area (Å²) in [6.07, 6.45) is 4.72. The van der Waals surface area contributed by atoms with Gasteiger partial charge in [-0.15, -0.1) is 0 Å². The van der Waals surface area contributed by atoms with Crippen molar-refractivity contribution in [2.75, 3.05) is 5.32 Å². The number of fused-ring (bicyclic) bond motifs is 1. The lowest BCUT2D eigenvalue weighted by atomic mass is 10.3. The Morgan fingerprint density at radius 3 is 2.67 bits per heavy atom. The van der Waals surface area contributed by atoms with Gasteiger partial charge < -0.3 is 5.32 Å². The quantitative estimate of drug-likeness (QED) is 0.710. The maximum atomic E-state index is 5.87. The number of hydrogen-bond acceptors (Lipinski definition) is 6. The van der Waals surface area contributed by atoms with E-state index in [1.807, 2.05) is 0 Å². The summed E-state index contributed by atoms with van der Waals surface area (Å²) in [6, 6.07) is 5.20. The lowest BCUT2D eigenvalue weighted by Gasteiger charge is -2.05. The molecule has 0 aliphatic heterocycles. The first-order valence-corrected chi connectivity index (χ1v) is 5.52. The van der Waals surface area contributed by atoms with E-state index in [1.54, 1.807) is 30.6 Å². The van der Waals surface area contributed by atoms with Crippen LogP contribution in [0.15, 0.2) is 36.9 Å². The summed E-state index contributed by atoms with van der Waals surface area (Å²) in [4.78, 5) is 20.5. The molecule has 3 aromatic heterocycles. The summed E-state index contributed by atoms with van der Waals surface area (Å²) in [7, 11) is 0. The number of aromatic nitrogens is 5. The second-order valence-corrected chi connectivity index (χ2v) is 3.81. The number of anilines is 2. The molecule has 1 N–H and O–H groups in total. The summed E-state index contributed by atoms with van der Waals surface area (Å²) in [5.41, 5.74) is 1.28. The highest BCUT2D eigenvalue weighted by molar-refractivity contribution is 6.29. The largest absolute Gasteiger partial charge is 0.307 e. The molecule has 3 heterocycles. The van der Waals surface area contributed by atoms with Crippen LogP contribution in [0.5, 0.6) is 0 Å². The molecule has 0 saturated carbocycles. The molecule has 0 bridgehead atoms. The minimum Gasteiger partial charge on any atom is -0.307 e. The Bertz CT molecular complexity index is 687. The van der Waals surface area contributed by atoms with Crippen LogP contribution in [-0.2, 0) is 0 Å². The lowest BCUT2D eigenvalue weighted by molar-refractivity contribution is 1.13. The highest BCUT2D eigenvalue weighted by atomic mass is 35.5. The van der Waals surface area contributed by atoms with Gasteiger partial charge >= 0.3 is 0 Å². The van der Waals surface area contributed by atoms with Gasteiger partial charge in [0.1, 0.15) is 17.0 Å². The summed E-state index contributed by atoms with van der Waals surface area (Å²) < 4.78 is 0. The summed E-state index contributed by atoms with van der Waals surface area (Å²) in [5, 5.41) is 3.36. The van der Waals surface area contributed by atoms with Crippen LogP contribution in [0, 0.1) is 0 Å². The normalized spacial score (nSPS) is 10.5. The van der Waals surface area contributed by atoms with Crippen molar-refractivity contribution >= 4 is 34.4 Å². The van der Waals surface area contributed by atoms with Crippen LogP contribution in [0.2, 0.25) is 5.15 Å². The van der Waals surface area contributed by atoms with Gasteiger partial charge in [0.15, 0.2) is 5.82 Å². The molecular formula is C11H7ClN6. The molecule has 6 nitrogen and oxygen atoms in total. The number of halogens is 1. The van der Waals surface area contributed by atoms with Crippen LogP contribution in [0.1, 0.15) is 0 Å². The molecule has 3 aromatic rings. The molecule has 0 aliphatic rings. The lowest BCUT2D eigenvalue weighted by Crippen LogP contribution is -2.00. The fourth-order valence-corrected chi connectivity index (χ4v) is 1.62. The van der Waals surface area contributed by atoms with E-state index in [-0.39, 0.29) is 0 Å². The second-order valence-electron chi connectivity index (χ2n) is 3.42. The van der Waals surface area contributed by atoms with Gasteiger partial charge in [-0.2, -0.15) is 0 Å². The fraction of sp³-hybridized carbons (Fsp3) is 0. The van der Waals surface area contributed by atoms with Crippen molar-refractivity contribution in [1.82, 2.24) is 24.9 Å². The van der Waals surface area contributed by atoms with Crippen LogP contribution < -0.4 is 5.32 Å². The zero-order valence-corrected chi connectivity index (χ0v) is 9.83. The minimum absolute atomic E-state index is 0.384. The zero-order valence-electron chi connectivity index (χ0n) is 9.08. The van der Waals surface area contributed by atoms with Gasteiger partial charge in [-0.05, 0) is 18.2 Å².